The smallest absolute Gasteiger partial charge is 0.162 e. The van der Waals surface area contributed by atoms with Crippen molar-refractivity contribution in [3.63, 3.8) is 0 Å². The van der Waals surface area contributed by atoms with Crippen molar-refractivity contribution in [2.45, 2.75) is 6.61 Å². The lowest BCUT2D eigenvalue weighted by molar-refractivity contribution is 0.280. The summed E-state index contributed by atoms with van der Waals surface area (Å²) in [6.07, 6.45) is 1.63. The highest BCUT2D eigenvalue weighted by atomic mass is 16.5. The fraction of sp³-hybridized carbons (Fsp3) is 0.143. The van der Waals surface area contributed by atoms with E-state index in [-0.39, 0.29) is 6.61 Å². The van der Waals surface area contributed by atoms with Crippen LogP contribution in [0.1, 0.15) is 11.3 Å². The van der Waals surface area contributed by atoms with Crippen LogP contribution in [0.5, 0.6) is 11.5 Å². The quantitative estimate of drug-likeness (QED) is 0.905. The molecule has 0 atom stereocenters. The van der Waals surface area contributed by atoms with Crippen LogP contribution in [0.4, 0.5) is 5.69 Å². The summed E-state index contributed by atoms with van der Waals surface area (Å²) in [4.78, 5) is 4.15. The summed E-state index contributed by atoms with van der Waals surface area (Å²) in [5.41, 5.74) is 7.55. The number of aromatic nitrogens is 1. The number of nitrogens with zero attached hydrogens (tertiary/aromatic N) is 2. The molecule has 0 spiro atoms. The minimum Gasteiger partial charge on any atom is -0.493 e. The molecule has 0 aliphatic carbocycles. The Balaban J connectivity index is 2.13. The lowest BCUT2D eigenvalue weighted by Crippen LogP contribution is -2.00. The van der Waals surface area contributed by atoms with E-state index in [9.17, 15) is 0 Å². The molecule has 0 unspecified atom stereocenters. The van der Waals surface area contributed by atoms with Gasteiger partial charge in [0.15, 0.2) is 11.5 Å². The van der Waals surface area contributed by atoms with Gasteiger partial charge in [0, 0.05) is 18.0 Å². The molecule has 2 N–H and O–H groups in total. The summed E-state index contributed by atoms with van der Waals surface area (Å²) in [7, 11) is 1.53. The van der Waals surface area contributed by atoms with Gasteiger partial charge in [0.25, 0.3) is 0 Å². The SMILES string of the molecule is COc1cc(C#N)ccc1OCc1cc(N)ccn1. The van der Waals surface area contributed by atoms with Crippen molar-refractivity contribution in [2.75, 3.05) is 12.8 Å². The molecule has 5 heteroatoms. The largest absolute Gasteiger partial charge is 0.493 e. The van der Waals surface area contributed by atoms with Gasteiger partial charge in [0.1, 0.15) is 6.61 Å². The molecule has 0 aliphatic heterocycles. The number of nitrogens with two attached hydrogens (primary N) is 1. The summed E-state index contributed by atoms with van der Waals surface area (Å²) in [5, 5.41) is 8.82. The number of rotatable bonds is 4. The molecule has 19 heavy (non-hydrogen) atoms. The molecule has 2 rings (SSSR count). The van der Waals surface area contributed by atoms with E-state index in [1.54, 1.807) is 36.5 Å². The molecular formula is C14H13N3O2. The van der Waals surface area contributed by atoms with Crippen LogP contribution in [0, 0.1) is 11.3 Å². The summed E-state index contributed by atoms with van der Waals surface area (Å²) in [6.45, 7) is 0.285. The third kappa shape index (κ3) is 3.13. The molecule has 0 saturated carbocycles. The lowest BCUT2D eigenvalue weighted by atomic mass is 10.2. The number of hydrogen-bond donors (Lipinski definition) is 1. The number of nitriles is 1. The molecular weight excluding hydrogens is 242 g/mol. The van der Waals surface area contributed by atoms with Gasteiger partial charge in [0.2, 0.25) is 0 Å². The second kappa shape index (κ2) is 5.74. The molecule has 2 aromatic rings. The number of methoxy groups -OCH3 is 1. The summed E-state index contributed by atoms with van der Waals surface area (Å²) >= 11 is 0. The fourth-order valence-electron chi connectivity index (χ4n) is 1.58. The van der Waals surface area contributed by atoms with Crippen LogP contribution in [0.3, 0.4) is 0 Å². The highest BCUT2D eigenvalue weighted by Crippen LogP contribution is 2.28. The molecule has 0 radical (unpaired) electrons. The van der Waals surface area contributed by atoms with Gasteiger partial charge in [-0.2, -0.15) is 5.26 Å². The molecule has 0 fully saturated rings. The maximum atomic E-state index is 8.82. The van der Waals surface area contributed by atoms with Crippen LogP contribution in [0.15, 0.2) is 36.5 Å². The Morgan fingerprint density at radius 2 is 2.11 bits per heavy atom. The Morgan fingerprint density at radius 1 is 1.26 bits per heavy atom. The van der Waals surface area contributed by atoms with Crippen molar-refractivity contribution in [3.8, 4) is 17.6 Å². The topological polar surface area (TPSA) is 81.2 Å². The van der Waals surface area contributed by atoms with Gasteiger partial charge in [-0.05, 0) is 24.3 Å². The second-order valence-corrected chi connectivity index (χ2v) is 3.85. The van der Waals surface area contributed by atoms with Gasteiger partial charge in [-0.1, -0.05) is 0 Å². The summed E-state index contributed by atoms with van der Waals surface area (Å²) in [5.74, 6) is 1.08. The normalized spacial score (nSPS) is 9.68. The average molecular weight is 255 g/mol. The van der Waals surface area contributed by atoms with Gasteiger partial charge in [-0.25, -0.2) is 0 Å². The number of nitrogen functional groups attached to an aromatic ring is 1. The zero-order valence-corrected chi connectivity index (χ0v) is 10.5. The Bertz CT molecular complexity index is 620. The standard InChI is InChI=1S/C14H13N3O2/c1-18-14-6-10(8-15)2-3-13(14)19-9-12-7-11(16)4-5-17-12/h2-7H,9H2,1H3,(H2,16,17). The molecule has 0 bridgehead atoms. The van der Waals surface area contributed by atoms with E-state index < -0.39 is 0 Å². The van der Waals surface area contributed by atoms with E-state index in [1.807, 2.05) is 6.07 Å². The molecule has 0 saturated heterocycles. The van der Waals surface area contributed by atoms with Crippen molar-refractivity contribution < 1.29 is 9.47 Å². The van der Waals surface area contributed by atoms with Crippen LogP contribution in [-0.2, 0) is 6.61 Å². The number of hydrogen-bond acceptors (Lipinski definition) is 5. The number of ether oxygens (including phenoxy) is 2. The van der Waals surface area contributed by atoms with E-state index >= 15 is 0 Å². The molecule has 1 aromatic heterocycles. The first-order chi connectivity index (χ1) is 9.22. The molecule has 1 heterocycles. The van der Waals surface area contributed by atoms with Gasteiger partial charge >= 0.3 is 0 Å². The maximum absolute atomic E-state index is 8.82. The van der Waals surface area contributed by atoms with E-state index in [0.29, 0.717) is 22.7 Å². The first-order valence-electron chi connectivity index (χ1n) is 5.64. The zero-order chi connectivity index (χ0) is 13.7. The van der Waals surface area contributed by atoms with E-state index in [1.165, 1.54) is 7.11 Å². The van der Waals surface area contributed by atoms with Crippen LogP contribution < -0.4 is 15.2 Å². The highest BCUT2D eigenvalue weighted by molar-refractivity contribution is 5.46. The van der Waals surface area contributed by atoms with Gasteiger partial charge in [-0.15, -0.1) is 0 Å². The molecule has 96 valence electrons. The second-order valence-electron chi connectivity index (χ2n) is 3.85. The Hall–Kier alpha value is -2.74. The van der Waals surface area contributed by atoms with Crippen molar-refractivity contribution >= 4 is 5.69 Å². The van der Waals surface area contributed by atoms with Crippen molar-refractivity contribution in [1.29, 1.82) is 5.26 Å². The maximum Gasteiger partial charge on any atom is 0.162 e. The molecule has 5 nitrogen and oxygen atoms in total. The van der Waals surface area contributed by atoms with E-state index in [4.69, 9.17) is 20.5 Å². The minimum absolute atomic E-state index is 0.285. The minimum atomic E-state index is 0.285. The summed E-state index contributed by atoms with van der Waals surface area (Å²) < 4.78 is 10.8. The third-order valence-corrected chi connectivity index (χ3v) is 2.51. The Kier molecular flexibility index (Phi) is 3.84. The fourth-order valence-corrected chi connectivity index (χ4v) is 1.58. The van der Waals surface area contributed by atoms with Gasteiger partial charge in [-0.3, -0.25) is 4.98 Å². The predicted octanol–water partition coefficient (Wildman–Crippen LogP) is 2.12. The van der Waals surface area contributed by atoms with Crippen LogP contribution in [0.2, 0.25) is 0 Å². The van der Waals surface area contributed by atoms with Crippen molar-refractivity contribution in [3.05, 3.63) is 47.8 Å². The predicted molar refractivity (Wildman–Crippen MR) is 70.7 cm³/mol. The van der Waals surface area contributed by atoms with Crippen molar-refractivity contribution in [1.82, 2.24) is 4.98 Å². The molecule has 1 aromatic carbocycles. The zero-order valence-electron chi connectivity index (χ0n) is 10.5. The van der Waals surface area contributed by atoms with E-state index in [2.05, 4.69) is 4.98 Å². The first kappa shape index (κ1) is 12.7. The van der Waals surface area contributed by atoms with E-state index in [0.717, 1.165) is 5.69 Å². The van der Waals surface area contributed by atoms with Crippen LogP contribution in [0.25, 0.3) is 0 Å². The average Bonchev–Trinajstić information content (AvgIpc) is 2.45. The Labute approximate surface area is 111 Å². The van der Waals surface area contributed by atoms with Crippen LogP contribution in [-0.4, -0.2) is 12.1 Å². The van der Waals surface area contributed by atoms with Gasteiger partial charge in [0.05, 0.1) is 24.4 Å². The van der Waals surface area contributed by atoms with Crippen LogP contribution >= 0.6 is 0 Å². The first-order valence-corrected chi connectivity index (χ1v) is 5.64. The van der Waals surface area contributed by atoms with Gasteiger partial charge < -0.3 is 15.2 Å². The number of anilines is 1. The number of benzene rings is 1. The highest BCUT2D eigenvalue weighted by Gasteiger charge is 2.06. The molecule has 0 amide bonds. The Morgan fingerprint density at radius 3 is 2.79 bits per heavy atom. The molecule has 0 aliphatic rings. The summed E-state index contributed by atoms with van der Waals surface area (Å²) in [6, 6.07) is 10.5. The van der Waals surface area contributed by atoms with Crippen molar-refractivity contribution in [2.24, 2.45) is 0 Å². The number of pyridine rings is 1. The third-order valence-electron chi connectivity index (χ3n) is 2.51. The monoisotopic (exact) mass is 255 g/mol. The lowest BCUT2D eigenvalue weighted by Gasteiger charge is -2.10.